The molecule has 1 heterocycles. The summed E-state index contributed by atoms with van der Waals surface area (Å²) in [6.45, 7) is 2.55. The molecule has 1 unspecified atom stereocenters. The lowest BCUT2D eigenvalue weighted by Crippen LogP contribution is -2.33. The van der Waals surface area contributed by atoms with E-state index in [2.05, 4.69) is 20.3 Å². The fourth-order valence-corrected chi connectivity index (χ4v) is 2.35. The van der Waals surface area contributed by atoms with Crippen molar-refractivity contribution >= 4 is 11.7 Å². The highest BCUT2D eigenvalue weighted by molar-refractivity contribution is 5.89. The Morgan fingerprint density at radius 2 is 2.05 bits per heavy atom. The minimum atomic E-state index is -4.72. The standard InChI is InChI=1S/C14H18F3N3O2/c1-20-7-6-10(9-20)8-18-13(21)19-11-2-4-12(5-3-11)22-14(15,16)17/h2-5,10H,6-9H2,1H3,(H2,18,19,21). The smallest absolute Gasteiger partial charge is 0.406 e. The Labute approximate surface area is 126 Å². The SMILES string of the molecule is CN1CCC(CNC(=O)Nc2ccc(OC(F)(F)F)cc2)C1. The predicted molar refractivity (Wildman–Crippen MR) is 75.8 cm³/mol. The second-order valence-corrected chi connectivity index (χ2v) is 5.32. The predicted octanol–water partition coefficient (Wildman–Crippen LogP) is 2.66. The number of hydrogen-bond donors (Lipinski definition) is 2. The van der Waals surface area contributed by atoms with E-state index in [0.29, 0.717) is 18.2 Å². The second-order valence-electron chi connectivity index (χ2n) is 5.32. The van der Waals surface area contributed by atoms with Crippen LogP contribution < -0.4 is 15.4 Å². The number of alkyl halides is 3. The first-order valence-corrected chi connectivity index (χ1v) is 6.91. The molecule has 8 heteroatoms. The lowest BCUT2D eigenvalue weighted by molar-refractivity contribution is -0.274. The Kier molecular flexibility index (Phi) is 5.12. The molecule has 1 aromatic carbocycles. The van der Waals surface area contributed by atoms with Gasteiger partial charge in [-0.25, -0.2) is 4.79 Å². The summed E-state index contributed by atoms with van der Waals surface area (Å²) >= 11 is 0. The molecule has 5 nitrogen and oxygen atoms in total. The zero-order chi connectivity index (χ0) is 16.2. The van der Waals surface area contributed by atoms with Gasteiger partial charge in [0.2, 0.25) is 0 Å². The van der Waals surface area contributed by atoms with Gasteiger partial charge >= 0.3 is 12.4 Å². The van der Waals surface area contributed by atoms with Crippen LogP contribution >= 0.6 is 0 Å². The maximum atomic E-state index is 12.0. The van der Waals surface area contributed by atoms with Crippen LogP contribution in [-0.2, 0) is 0 Å². The van der Waals surface area contributed by atoms with Gasteiger partial charge in [-0.05, 0) is 50.2 Å². The third-order valence-corrected chi connectivity index (χ3v) is 3.39. The molecule has 0 aromatic heterocycles. The van der Waals surface area contributed by atoms with Crippen LogP contribution in [0.3, 0.4) is 0 Å². The molecule has 0 bridgehead atoms. The Morgan fingerprint density at radius 1 is 1.36 bits per heavy atom. The van der Waals surface area contributed by atoms with Gasteiger partial charge in [-0.3, -0.25) is 0 Å². The number of amides is 2. The molecular weight excluding hydrogens is 299 g/mol. The topological polar surface area (TPSA) is 53.6 Å². The number of halogens is 3. The van der Waals surface area contributed by atoms with Gasteiger partial charge in [0, 0.05) is 18.8 Å². The number of rotatable bonds is 4. The summed E-state index contributed by atoms with van der Waals surface area (Å²) in [5.74, 6) is 0.103. The number of carbonyl (C=O) groups is 1. The van der Waals surface area contributed by atoms with Crippen LogP contribution in [0.1, 0.15) is 6.42 Å². The first kappa shape index (κ1) is 16.4. The Bertz CT molecular complexity index is 505. The van der Waals surface area contributed by atoms with Crippen molar-refractivity contribution in [2.75, 3.05) is 32.0 Å². The maximum Gasteiger partial charge on any atom is 0.573 e. The van der Waals surface area contributed by atoms with Gasteiger partial charge in [-0.2, -0.15) is 0 Å². The van der Waals surface area contributed by atoms with Crippen LogP contribution in [0, 0.1) is 5.92 Å². The quantitative estimate of drug-likeness (QED) is 0.898. The van der Waals surface area contributed by atoms with E-state index in [9.17, 15) is 18.0 Å². The molecule has 1 aromatic rings. The van der Waals surface area contributed by atoms with Crippen molar-refractivity contribution in [1.82, 2.24) is 10.2 Å². The van der Waals surface area contributed by atoms with Crippen LogP contribution in [-0.4, -0.2) is 44.0 Å². The summed E-state index contributed by atoms with van der Waals surface area (Å²) in [6.07, 6.45) is -3.68. The number of benzene rings is 1. The third kappa shape index (κ3) is 5.44. The van der Waals surface area contributed by atoms with E-state index in [1.807, 2.05) is 7.05 Å². The van der Waals surface area contributed by atoms with Gasteiger partial charge in [0.05, 0.1) is 0 Å². The lowest BCUT2D eigenvalue weighted by atomic mass is 10.1. The largest absolute Gasteiger partial charge is 0.573 e. The monoisotopic (exact) mass is 317 g/mol. The summed E-state index contributed by atoms with van der Waals surface area (Å²) in [4.78, 5) is 13.9. The number of hydrogen-bond acceptors (Lipinski definition) is 3. The third-order valence-electron chi connectivity index (χ3n) is 3.39. The Hall–Kier alpha value is -1.96. The van der Waals surface area contributed by atoms with E-state index in [1.165, 1.54) is 12.1 Å². The van der Waals surface area contributed by atoms with Crippen LogP contribution in [0.2, 0.25) is 0 Å². The van der Waals surface area contributed by atoms with Crippen LogP contribution in [0.25, 0.3) is 0 Å². The summed E-state index contributed by atoms with van der Waals surface area (Å²) in [5.41, 5.74) is 0.399. The van der Waals surface area contributed by atoms with Gasteiger partial charge in [-0.15, -0.1) is 13.2 Å². The maximum absolute atomic E-state index is 12.0. The first-order chi connectivity index (χ1) is 10.3. The normalized spacial score (nSPS) is 19.0. The number of ether oxygens (including phenoxy) is 1. The van der Waals surface area contributed by atoms with Crippen molar-refractivity contribution < 1.29 is 22.7 Å². The van der Waals surface area contributed by atoms with Crippen LogP contribution in [0.4, 0.5) is 23.7 Å². The van der Waals surface area contributed by atoms with Gasteiger partial charge in [0.1, 0.15) is 5.75 Å². The van der Waals surface area contributed by atoms with Crippen molar-refractivity contribution in [3.05, 3.63) is 24.3 Å². The van der Waals surface area contributed by atoms with Crippen molar-refractivity contribution in [2.24, 2.45) is 5.92 Å². The fourth-order valence-electron chi connectivity index (χ4n) is 2.35. The Balaban J connectivity index is 1.76. The van der Waals surface area contributed by atoms with E-state index in [-0.39, 0.29) is 11.8 Å². The molecule has 22 heavy (non-hydrogen) atoms. The van der Waals surface area contributed by atoms with E-state index < -0.39 is 6.36 Å². The van der Waals surface area contributed by atoms with Crippen LogP contribution in [0.15, 0.2) is 24.3 Å². The highest BCUT2D eigenvalue weighted by atomic mass is 19.4. The van der Waals surface area contributed by atoms with Gasteiger partial charge in [-0.1, -0.05) is 0 Å². The summed E-state index contributed by atoms with van der Waals surface area (Å²) in [6, 6.07) is 4.62. The van der Waals surface area contributed by atoms with E-state index in [1.54, 1.807) is 0 Å². The molecule has 0 aliphatic carbocycles. The van der Waals surface area contributed by atoms with Gasteiger partial charge < -0.3 is 20.3 Å². The molecule has 0 spiro atoms. The zero-order valence-electron chi connectivity index (χ0n) is 12.1. The molecule has 0 radical (unpaired) electrons. The van der Waals surface area contributed by atoms with E-state index >= 15 is 0 Å². The number of carbonyl (C=O) groups excluding carboxylic acids is 1. The summed E-state index contributed by atoms with van der Waals surface area (Å²) < 4.78 is 39.8. The molecule has 1 atom stereocenters. The highest BCUT2D eigenvalue weighted by Crippen LogP contribution is 2.23. The highest BCUT2D eigenvalue weighted by Gasteiger charge is 2.31. The first-order valence-electron chi connectivity index (χ1n) is 6.91. The van der Waals surface area contributed by atoms with E-state index in [0.717, 1.165) is 31.6 Å². The lowest BCUT2D eigenvalue weighted by Gasteiger charge is -2.13. The van der Waals surface area contributed by atoms with E-state index in [4.69, 9.17) is 0 Å². The molecule has 1 saturated heterocycles. The summed E-state index contributed by atoms with van der Waals surface area (Å²) in [7, 11) is 2.03. The van der Waals surface area contributed by atoms with Crippen molar-refractivity contribution in [1.29, 1.82) is 0 Å². The summed E-state index contributed by atoms with van der Waals surface area (Å²) in [5, 5.41) is 5.33. The molecular formula is C14H18F3N3O2. The number of urea groups is 1. The molecule has 122 valence electrons. The molecule has 0 saturated carbocycles. The van der Waals surface area contributed by atoms with Crippen molar-refractivity contribution in [2.45, 2.75) is 12.8 Å². The fraction of sp³-hybridized carbons (Fsp3) is 0.500. The van der Waals surface area contributed by atoms with Crippen molar-refractivity contribution in [3.63, 3.8) is 0 Å². The second kappa shape index (κ2) is 6.87. The molecule has 1 aliphatic heterocycles. The number of anilines is 1. The molecule has 1 fully saturated rings. The number of nitrogens with one attached hydrogen (secondary N) is 2. The molecule has 2 amide bonds. The minimum Gasteiger partial charge on any atom is -0.406 e. The average Bonchev–Trinajstić information content (AvgIpc) is 2.83. The minimum absolute atomic E-state index is 0.326. The average molecular weight is 317 g/mol. The van der Waals surface area contributed by atoms with Crippen LogP contribution in [0.5, 0.6) is 5.75 Å². The number of nitrogens with zero attached hydrogens (tertiary/aromatic N) is 1. The van der Waals surface area contributed by atoms with Gasteiger partial charge in [0.15, 0.2) is 0 Å². The van der Waals surface area contributed by atoms with Gasteiger partial charge in [0.25, 0.3) is 0 Å². The molecule has 2 N–H and O–H groups in total. The number of likely N-dealkylation sites (tertiary alicyclic amines) is 1. The molecule has 2 rings (SSSR count). The zero-order valence-corrected chi connectivity index (χ0v) is 12.1. The Morgan fingerprint density at radius 3 is 2.59 bits per heavy atom. The molecule has 1 aliphatic rings. The van der Waals surface area contributed by atoms with Crippen molar-refractivity contribution in [3.8, 4) is 5.75 Å².